The van der Waals surface area contributed by atoms with Crippen LogP contribution in [-0.4, -0.2) is 15.0 Å². The van der Waals surface area contributed by atoms with Crippen LogP contribution in [0.3, 0.4) is 0 Å². The summed E-state index contributed by atoms with van der Waals surface area (Å²) in [6, 6.07) is 12.6. The van der Waals surface area contributed by atoms with Crippen LogP contribution in [0.2, 0.25) is 0 Å². The molecule has 0 aliphatic carbocycles. The van der Waals surface area contributed by atoms with Gasteiger partial charge < -0.3 is 5.32 Å². The van der Waals surface area contributed by atoms with Gasteiger partial charge in [0.05, 0.1) is 0 Å². The first-order valence-corrected chi connectivity index (χ1v) is 6.63. The van der Waals surface area contributed by atoms with Gasteiger partial charge in [-0.2, -0.15) is 0 Å². The molecule has 0 aliphatic rings. The number of aryl methyl sites for hydroxylation is 1. The Bertz CT molecular complexity index is 722. The Morgan fingerprint density at radius 2 is 1.70 bits per heavy atom. The van der Waals surface area contributed by atoms with E-state index in [1.54, 1.807) is 12.4 Å². The number of aromatic nitrogens is 3. The average molecular weight is 264 g/mol. The first-order valence-electron chi connectivity index (χ1n) is 6.63. The van der Waals surface area contributed by atoms with Crippen molar-refractivity contribution in [1.82, 2.24) is 15.0 Å². The van der Waals surface area contributed by atoms with Gasteiger partial charge in [0.2, 0.25) is 0 Å². The minimum absolute atomic E-state index is 0.192. The van der Waals surface area contributed by atoms with Gasteiger partial charge in [-0.05, 0) is 31.5 Å². The van der Waals surface area contributed by atoms with Crippen molar-refractivity contribution in [2.45, 2.75) is 19.9 Å². The van der Waals surface area contributed by atoms with E-state index < -0.39 is 0 Å². The van der Waals surface area contributed by atoms with E-state index in [0.29, 0.717) is 5.65 Å². The molecule has 0 radical (unpaired) electrons. The Kier molecular flexibility index (Phi) is 3.29. The molecule has 1 aromatic carbocycles. The Morgan fingerprint density at radius 3 is 2.50 bits per heavy atom. The molecule has 100 valence electrons. The molecule has 2 heterocycles. The maximum Gasteiger partial charge on any atom is 0.180 e. The van der Waals surface area contributed by atoms with Crippen molar-refractivity contribution >= 4 is 17.0 Å². The monoisotopic (exact) mass is 264 g/mol. The van der Waals surface area contributed by atoms with E-state index in [9.17, 15) is 0 Å². The van der Waals surface area contributed by atoms with Gasteiger partial charge in [-0.15, -0.1) is 0 Å². The standard InChI is InChI=1S/C16H16N4/c1-11-3-5-13(6-4-11)12(2)19-15-8-7-14-16(20-15)18-10-9-17-14/h3-10,12H,1-2H3,(H,18,19,20). The minimum atomic E-state index is 0.192. The van der Waals surface area contributed by atoms with Crippen molar-refractivity contribution in [3.8, 4) is 0 Å². The SMILES string of the molecule is Cc1ccc(C(C)Nc2ccc3nccnc3n2)cc1. The topological polar surface area (TPSA) is 50.7 Å². The van der Waals surface area contributed by atoms with E-state index in [-0.39, 0.29) is 6.04 Å². The predicted molar refractivity (Wildman–Crippen MR) is 80.5 cm³/mol. The van der Waals surface area contributed by atoms with Crippen LogP contribution in [0.1, 0.15) is 24.1 Å². The van der Waals surface area contributed by atoms with Gasteiger partial charge in [0, 0.05) is 18.4 Å². The number of hydrogen-bond donors (Lipinski definition) is 1. The Hall–Kier alpha value is -2.49. The molecule has 4 nitrogen and oxygen atoms in total. The zero-order valence-corrected chi connectivity index (χ0v) is 11.5. The Morgan fingerprint density at radius 1 is 0.950 bits per heavy atom. The van der Waals surface area contributed by atoms with Crippen molar-refractivity contribution in [3.05, 3.63) is 59.9 Å². The molecule has 1 unspecified atom stereocenters. The smallest absolute Gasteiger partial charge is 0.180 e. The van der Waals surface area contributed by atoms with Crippen LogP contribution in [0.25, 0.3) is 11.2 Å². The van der Waals surface area contributed by atoms with E-state index in [4.69, 9.17) is 0 Å². The molecular weight excluding hydrogens is 248 g/mol. The second-order valence-electron chi connectivity index (χ2n) is 4.87. The molecule has 0 saturated heterocycles. The molecule has 0 bridgehead atoms. The summed E-state index contributed by atoms with van der Waals surface area (Å²) in [6.45, 7) is 4.21. The number of hydrogen-bond acceptors (Lipinski definition) is 4. The molecule has 1 N–H and O–H groups in total. The number of benzene rings is 1. The average Bonchev–Trinajstić information content (AvgIpc) is 2.48. The Balaban J connectivity index is 1.83. The molecule has 20 heavy (non-hydrogen) atoms. The molecule has 4 heteroatoms. The minimum Gasteiger partial charge on any atom is -0.363 e. The highest BCUT2D eigenvalue weighted by Gasteiger charge is 2.06. The van der Waals surface area contributed by atoms with Gasteiger partial charge in [0.1, 0.15) is 11.3 Å². The molecule has 0 aliphatic heterocycles. The zero-order chi connectivity index (χ0) is 13.9. The summed E-state index contributed by atoms with van der Waals surface area (Å²) < 4.78 is 0. The lowest BCUT2D eigenvalue weighted by molar-refractivity contribution is 0.875. The lowest BCUT2D eigenvalue weighted by Crippen LogP contribution is -2.08. The van der Waals surface area contributed by atoms with Crippen LogP contribution in [0, 0.1) is 6.92 Å². The summed E-state index contributed by atoms with van der Waals surface area (Å²) in [5.41, 5.74) is 3.96. The molecule has 0 fully saturated rings. The lowest BCUT2D eigenvalue weighted by atomic mass is 10.1. The molecule has 3 rings (SSSR count). The molecule has 0 spiro atoms. The highest BCUT2D eigenvalue weighted by Crippen LogP contribution is 2.19. The van der Waals surface area contributed by atoms with Crippen molar-refractivity contribution in [1.29, 1.82) is 0 Å². The predicted octanol–water partition coefficient (Wildman–Crippen LogP) is 3.51. The van der Waals surface area contributed by atoms with Gasteiger partial charge in [-0.25, -0.2) is 9.97 Å². The van der Waals surface area contributed by atoms with Gasteiger partial charge in [0.15, 0.2) is 5.65 Å². The van der Waals surface area contributed by atoms with Gasteiger partial charge in [-0.3, -0.25) is 4.98 Å². The fourth-order valence-electron chi connectivity index (χ4n) is 2.10. The van der Waals surface area contributed by atoms with Crippen molar-refractivity contribution in [3.63, 3.8) is 0 Å². The summed E-state index contributed by atoms with van der Waals surface area (Å²) in [5.74, 6) is 0.811. The number of anilines is 1. The fourth-order valence-corrected chi connectivity index (χ4v) is 2.10. The number of fused-ring (bicyclic) bond motifs is 1. The number of pyridine rings is 1. The number of rotatable bonds is 3. The molecule has 2 aromatic heterocycles. The highest BCUT2D eigenvalue weighted by atomic mass is 15.0. The van der Waals surface area contributed by atoms with Crippen LogP contribution in [0.4, 0.5) is 5.82 Å². The normalized spacial score (nSPS) is 12.3. The second-order valence-corrected chi connectivity index (χ2v) is 4.87. The lowest BCUT2D eigenvalue weighted by Gasteiger charge is -2.15. The van der Waals surface area contributed by atoms with Gasteiger partial charge in [0.25, 0.3) is 0 Å². The van der Waals surface area contributed by atoms with Crippen molar-refractivity contribution in [2.75, 3.05) is 5.32 Å². The van der Waals surface area contributed by atoms with Crippen LogP contribution >= 0.6 is 0 Å². The van der Waals surface area contributed by atoms with E-state index in [1.165, 1.54) is 11.1 Å². The third-order valence-corrected chi connectivity index (χ3v) is 3.27. The summed E-state index contributed by atoms with van der Waals surface area (Å²) in [5, 5.41) is 3.39. The van der Waals surface area contributed by atoms with E-state index >= 15 is 0 Å². The van der Waals surface area contributed by atoms with E-state index in [1.807, 2.05) is 12.1 Å². The maximum atomic E-state index is 4.47. The third-order valence-electron chi connectivity index (χ3n) is 3.27. The van der Waals surface area contributed by atoms with Crippen LogP contribution in [0.5, 0.6) is 0 Å². The quantitative estimate of drug-likeness (QED) is 0.786. The third kappa shape index (κ3) is 2.59. The first-order chi connectivity index (χ1) is 9.72. The van der Waals surface area contributed by atoms with Crippen molar-refractivity contribution in [2.24, 2.45) is 0 Å². The largest absolute Gasteiger partial charge is 0.363 e. The van der Waals surface area contributed by atoms with Crippen LogP contribution < -0.4 is 5.32 Å². The van der Waals surface area contributed by atoms with E-state index in [0.717, 1.165) is 11.3 Å². The summed E-state index contributed by atoms with van der Waals surface area (Å²) in [6.07, 6.45) is 3.33. The maximum absolute atomic E-state index is 4.47. The van der Waals surface area contributed by atoms with Crippen LogP contribution in [0.15, 0.2) is 48.8 Å². The summed E-state index contributed by atoms with van der Waals surface area (Å²) in [7, 11) is 0. The highest BCUT2D eigenvalue weighted by molar-refractivity contribution is 5.71. The number of nitrogens with zero attached hydrogens (tertiary/aromatic N) is 3. The zero-order valence-electron chi connectivity index (χ0n) is 11.5. The fraction of sp³-hybridized carbons (Fsp3) is 0.188. The molecule has 0 saturated carbocycles. The van der Waals surface area contributed by atoms with Crippen molar-refractivity contribution < 1.29 is 0 Å². The Labute approximate surface area is 117 Å². The molecular formula is C16H16N4. The first kappa shape index (κ1) is 12.5. The van der Waals surface area contributed by atoms with Gasteiger partial charge in [-0.1, -0.05) is 29.8 Å². The summed E-state index contributed by atoms with van der Waals surface area (Å²) in [4.78, 5) is 12.9. The van der Waals surface area contributed by atoms with E-state index in [2.05, 4.69) is 58.4 Å². The number of nitrogens with one attached hydrogen (secondary N) is 1. The molecule has 3 aromatic rings. The van der Waals surface area contributed by atoms with Crippen LogP contribution in [-0.2, 0) is 0 Å². The second kappa shape index (κ2) is 5.25. The molecule has 1 atom stereocenters. The summed E-state index contributed by atoms with van der Waals surface area (Å²) >= 11 is 0. The molecule has 0 amide bonds. The van der Waals surface area contributed by atoms with Gasteiger partial charge >= 0.3 is 0 Å².